The molecule has 1 heterocycles. The van der Waals surface area contributed by atoms with Gasteiger partial charge in [-0.1, -0.05) is 13.8 Å². The fourth-order valence-electron chi connectivity index (χ4n) is 2.64. The van der Waals surface area contributed by atoms with Gasteiger partial charge in [0.05, 0.1) is 10.7 Å². The number of thiazole rings is 1. The van der Waals surface area contributed by atoms with Crippen molar-refractivity contribution in [3.8, 4) is 0 Å². The van der Waals surface area contributed by atoms with Crippen LogP contribution in [0.1, 0.15) is 62.5 Å². The van der Waals surface area contributed by atoms with Crippen molar-refractivity contribution in [1.29, 1.82) is 0 Å². The van der Waals surface area contributed by atoms with E-state index in [0.29, 0.717) is 12.0 Å². The number of nitrogens with zero attached hydrogens (tertiary/aromatic N) is 2. The van der Waals surface area contributed by atoms with Gasteiger partial charge in [0.15, 0.2) is 5.96 Å². The minimum atomic E-state index is 0.429. The largest absolute Gasteiger partial charge is 0.357 e. The second-order valence-electron chi connectivity index (χ2n) is 6.73. The Bertz CT molecular complexity index is 484. The molecule has 0 amide bonds. The Balaban J connectivity index is 1.79. The van der Waals surface area contributed by atoms with Crippen LogP contribution in [0, 0.1) is 5.92 Å². The summed E-state index contributed by atoms with van der Waals surface area (Å²) in [4.78, 5) is 11.1. The van der Waals surface area contributed by atoms with Gasteiger partial charge in [-0.25, -0.2) is 4.98 Å². The highest BCUT2D eigenvalue weighted by atomic mass is 32.1. The van der Waals surface area contributed by atoms with Crippen LogP contribution in [0.5, 0.6) is 0 Å². The fraction of sp³-hybridized carbons (Fsp3) is 0.778. The van der Waals surface area contributed by atoms with Crippen LogP contribution in [-0.4, -0.2) is 30.1 Å². The van der Waals surface area contributed by atoms with Gasteiger partial charge in [0, 0.05) is 30.4 Å². The zero-order chi connectivity index (χ0) is 16.7. The van der Waals surface area contributed by atoms with Crippen LogP contribution in [0.25, 0.3) is 0 Å². The number of rotatable bonds is 7. The van der Waals surface area contributed by atoms with Gasteiger partial charge in [0.2, 0.25) is 0 Å². The lowest BCUT2D eigenvalue weighted by Crippen LogP contribution is -2.44. The lowest BCUT2D eigenvalue weighted by atomic mass is 10.0. The van der Waals surface area contributed by atoms with E-state index in [1.54, 1.807) is 0 Å². The third-order valence-corrected chi connectivity index (χ3v) is 5.63. The van der Waals surface area contributed by atoms with Gasteiger partial charge in [-0.2, -0.15) is 0 Å². The zero-order valence-electron chi connectivity index (χ0n) is 15.1. The molecule has 1 aromatic heterocycles. The lowest BCUT2D eigenvalue weighted by molar-refractivity contribution is 0.481. The van der Waals surface area contributed by atoms with Gasteiger partial charge >= 0.3 is 0 Å². The van der Waals surface area contributed by atoms with Crippen LogP contribution in [0.3, 0.4) is 0 Å². The fourth-order valence-corrected chi connectivity index (χ4v) is 3.83. The van der Waals surface area contributed by atoms with Crippen molar-refractivity contribution in [2.24, 2.45) is 10.9 Å². The van der Waals surface area contributed by atoms with Crippen LogP contribution < -0.4 is 10.6 Å². The third-order valence-electron chi connectivity index (χ3n) is 4.42. The molecular weight excluding hydrogens is 304 g/mol. The Kier molecular flexibility index (Phi) is 7.34. The Morgan fingerprint density at radius 3 is 2.74 bits per heavy atom. The molecule has 1 atom stereocenters. The summed E-state index contributed by atoms with van der Waals surface area (Å²) in [6.07, 6.45) is 7.20. The van der Waals surface area contributed by atoms with Gasteiger partial charge in [-0.05, 0) is 51.9 Å². The molecule has 1 unspecified atom stereocenters. The maximum absolute atomic E-state index is 4.81. The summed E-state index contributed by atoms with van der Waals surface area (Å²) in [7, 11) is 0. The molecule has 0 radical (unpaired) electrons. The van der Waals surface area contributed by atoms with E-state index in [4.69, 9.17) is 9.98 Å². The van der Waals surface area contributed by atoms with Crippen molar-refractivity contribution >= 4 is 17.3 Å². The van der Waals surface area contributed by atoms with Gasteiger partial charge in [0.1, 0.15) is 0 Å². The van der Waals surface area contributed by atoms with E-state index in [9.17, 15) is 0 Å². The topological polar surface area (TPSA) is 49.3 Å². The number of hydrogen-bond acceptors (Lipinski definition) is 3. The molecule has 23 heavy (non-hydrogen) atoms. The van der Waals surface area contributed by atoms with Crippen LogP contribution in [0.15, 0.2) is 4.99 Å². The predicted octanol–water partition coefficient (Wildman–Crippen LogP) is 3.55. The molecule has 130 valence electrons. The van der Waals surface area contributed by atoms with Crippen molar-refractivity contribution in [2.75, 3.05) is 13.1 Å². The molecule has 1 aromatic rings. The molecule has 1 aliphatic carbocycles. The molecule has 0 saturated heterocycles. The smallest absolute Gasteiger partial charge is 0.191 e. The first-order valence-electron chi connectivity index (χ1n) is 9.12. The highest BCUT2D eigenvalue weighted by Crippen LogP contribution is 2.27. The first-order valence-corrected chi connectivity index (χ1v) is 9.94. The van der Waals surface area contributed by atoms with Gasteiger partial charge in [-0.3, -0.25) is 4.99 Å². The zero-order valence-corrected chi connectivity index (χ0v) is 15.9. The minimum Gasteiger partial charge on any atom is -0.357 e. The maximum Gasteiger partial charge on any atom is 0.191 e. The second kappa shape index (κ2) is 9.26. The quantitative estimate of drug-likeness (QED) is 0.455. The van der Waals surface area contributed by atoms with E-state index in [0.717, 1.165) is 31.9 Å². The molecule has 0 aromatic carbocycles. The first-order chi connectivity index (χ1) is 11.1. The molecule has 1 aliphatic rings. The monoisotopic (exact) mass is 336 g/mol. The van der Waals surface area contributed by atoms with Crippen LogP contribution in [0.4, 0.5) is 0 Å². The Labute approximate surface area is 145 Å². The molecule has 2 rings (SSSR count). The normalized spacial score (nSPS) is 16.3. The number of guanidine groups is 1. The molecule has 0 spiro atoms. The van der Waals surface area contributed by atoms with E-state index in [-0.39, 0.29) is 0 Å². The number of aromatic nitrogens is 1. The molecule has 0 fully saturated rings. The number of nitrogens with one attached hydrogen (secondary N) is 2. The van der Waals surface area contributed by atoms with Crippen molar-refractivity contribution in [3.05, 3.63) is 15.6 Å². The average Bonchev–Trinajstić information content (AvgIpc) is 2.94. The van der Waals surface area contributed by atoms with Crippen LogP contribution in [-0.2, 0) is 19.3 Å². The summed E-state index contributed by atoms with van der Waals surface area (Å²) in [5.41, 5.74) is 1.38. The van der Waals surface area contributed by atoms with Gasteiger partial charge < -0.3 is 10.6 Å². The van der Waals surface area contributed by atoms with Crippen LogP contribution >= 0.6 is 11.3 Å². The van der Waals surface area contributed by atoms with E-state index in [1.807, 2.05) is 11.3 Å². The summed E-state index contributed by atoms with van der Waals surface area (Å²) >= 11 is 1.93. The SMILES string of the molecule is CCNC(=NCCCc1nc2c(s1)CCCC2)NC(C)C(C)C. The minimum absolute atomic E-state index is 0.429. The van der Waals surface area contributed by atoms with E-state index >= 15 is 0 Å². The maximum atomic E-state index is 4.81. The molecule has 4 nitrogen and oxygen atoms in total. The Morgan fingerprint density at radius 2 is 2.04 bits per heavy atom. The standard InChI is InChI=1S/C18H32N4S/c1-5-19-18(21-14(4)13(2)3)20-12-8-11-17-22-15-9-6-7-10-16(15)23-17/h13-14H,5-12H2,1-4H3,(H2,19,20,21). The van der Waals surface area contributed by atoms with Crippen LogP contribution in [0.2, 0.25) is 0 Å². The van der Waals surface area contributed by atoms with E-state index < -0.39 is 0 Å². The van der Waals surface area contributed by atoms with E-state index in [2.05, 4.69) is 38.3 Å². The predicted molar refractivity (Wildman–Crippen MR) is 100 cm³/mol. The summed E-state index contributed by atoms with van der Waals surface area (Å²) < 4.78 is 0. The number of fused-ring (bicyclic) bond motifs is 1. The number of aliphatic imine (C=N–C) groups is 1. The number of aryl methyl sites for hydroxylation is 3. The molecule has 0 saturated carbocycles. The highest BCUT2D eigenvalue weighted by Gasteiger charge is 2.14. The summed E-state index contributed by atoms with van der Waals surface area (Å²) in [5, 5.41) is 8.12. The summed E-state index contributed by atoms with van der Waals surface area (Å²) in [5.74, 6) is 1.53. The molecule has 2 N–H and O–H groups in total. The summed E-state index contributed by atoms with van der Waals surface area (Å²) in [6.45, 7) is 10.5. The Hall–Kier alpha value is -1.10. The van der Waals surface area contributed by atoms with Crippen molar-refractivity contribution in [1.82, 2.24) is 15.6 Å². The van der Waals surface area contributed by atoms with Crippen molar-refractivity contribution in [2.45, 2.75) is 72.3 Å². The second-order valence-corrected chi connectivity index (χ2v) is 7.89. The molecule has 0 bridgehead atoms. The molecular formula is C18H32N4S. The first kappa shape index (κ1) is 18.2. The average molecular weight is 337 g/mol. The van der Waals surface area contributed by atoms with E-state index in [1.165, 1.54) is 41.3 Å². The van der Waals surface area contributed by atoms with Crippen molar-refractivity contribution in [3.63, 3.8) is 0 Å². The third kappa shape index (κ3) is 5.79. The highest BCUT2D eigenvalue weighted by molar-refractivity contribution is 7.11. The van der Waals surface area contributed by atoms with Gasteiger partial charge in [0.25, 0.3) is 0 Å². The Morgan fingerprint density at radius 1 is 1.26 bits per heavy atom. The molecule has 0 aliphatic heterocycles. The van der Waals surface area contributed by atoms with Crippen molar-refractivity contribution < 1.29 is 0 Å². The number of hydrogen-bond donors (Lipinski definition) is 2. The lowest BCUT2D eigenvalue weighted by Gasteiger charge is -2.20. The summed E-state index contributed by atoms with van der Waals surface area (Å²) in [6, 6.07) is 0.429. The van der Waals surface area contributed by atoms with Gasteiger partial charge in [-0.15, -0.1) is 11.3 Å². The molecule has 5 heteroatoms.